The van der Waals surface area contributed by atoms with E-state index in [1.807, 2.05) is 0 Å². The highest BCUT2D eigenvalue weighted by Crippen LogP contribution is 2.47. The number of nitrogens with one attached hydrogen (secondary N) is 2. The first-order valence-corrected chi connectivity index (χ1v) is 12.0. The number of methoxy groups -OCH3 is 2. The Morgan fingerprint density at radius 1 is 0.868 bits per heavy atom. The van der Waals surface area contributed by atoms with Gasteiger partial charge in [0.15, 0.2) is 11.5 Å². The Kier molecular flexibility index (Phi) is 6.59. The standard InChI is InChI=1S/C29H26FN3O5/c1-17-14-18(30)4-9-22(17)33-28(35)29(11-12-29)27(34)32-19-5-7-20(8-6-19)38-24-10-13-31-23-16-26(37-3)25(36-2)15-21(23)24/h4-10,13-16H,11-12H2,1-3H3,(H,32,34)(H,33,35). The number of benzene rings is 3. The van der Waals surface area contributed by atoms with E-state index in [9.17, 15) is 14.0 Å². The summed E-state index contributed by atoms with van der Waals surface area (Å²) in [5, 5.41) is 6.34. The van der Waals surface area contributed by atoms with Crippen LogP contribution < -0.4 is 24.8 Å². The van der Waals surface area contributed by atoms with Gasteiger partial charge in [-0.05, 0) is 79.9 Å². The highest BCUT2D eigenvalue weighted by atomic mass is 19.1. The number of halogens is 1. The molecule has 1 aliphatic rings. The summed E-state index contributed by atoms with van der Waals surface area (Å²) in [6.07, 6.45) is 2.52. The third-order valence-electron chi connectivity index (χ3n) is 6.60. The molecule has 194 valence electrons. The second-order valence-corrected chi connectivity index (χ2v) is 9.11. The van der Waals surface area contributed by atoms with Gasteiger partial charge in [-0.3, -0.25) is 14.6 Å². The number of pyridine rings is 1. The summed E-state index contributed by atoms with van der Waals surface area (Å²) in [5.41, 5.74) is 1.14. The number of aryl methyl sites for hydroxylation is 1. The molecule has 1 saturated carbocycles. The van der Waals surface area contributed by atoms with Crippen LogP contribution >= 0.6 is 0 Å². The number of carbonyl (C=O) groups excluding carboxylic acids is 2. The number of aromatic nitrogens is 1. The van der Waals surface area contributed by atoms with E-state index in [0.717, 1.165) is 5.39 Å². The highest BCUT2D eigenvalue weighted by Gasteiger charge is 2.56. The molecule has 0 radical (unpaired) electrons. The van der Waals surface area contributed by atoms with Gasteiger partial charge in [0, 0.05) is 29.0 Å². The number of hydrogen-bond donors (Lipinski definition) is 2. The van der Waals surface area contributed by atoms with E-state index >= 15 is 0 Å². The van der Waals surface area contributed by atoms with Crippen molar-refractivity contribution in [3.05, 3.63) is 78.2 Å². The first-order chi connectivity index (χ1) is 18.3. The van der Waals surface area contributed by atoms with Crippen molar-refractivity contribution in [2.24, 2.45) is 5.41 Å². The molecule has 8 nitrogen and oxygen atoms in total. The van der Waals surface area contributed by atoms with Crippen LogP contribution in [0.1, 0.15) is 18.4 Å². The number of nitrogens with zero attached hydrogens (tertiary/aromatic N) is 1. The normalized spacial score (nSPS) is 13.5. The quantitative estimate of drug-likeness (QED) is 0.286. The second-order valence-electron chi connectivity index (χ2n) is 9.11. The smallest absolute Gasteiger partial charge is 0.240 e. The van der Waals surface area contributed by atoms with Gasteiger partial charge in [0.1, 0.15) is 22.7 Å². The van der Waals surface area contributed by atoms with Gasteiger partial charge in [-0.2, -0.15) is 0 Å². The molecule has 0 saturated heterocycles. The van der Waals surface area contributed by atoms with Gasteiger partial charge in [-0.15, -0.1) is 0 Å². The minimum Gasteiger partial charge on any atom is -0.493 e. The zero-order valence-electron chi connectivity index (χ0n) is 21.1. The highest BCUT2D eigenvalue weighted by molar-refractivity contribution is 6.17. The lowest BCUT2D eigenvalue weighted by Gasteiger charge is -2.17. The molecule has 0 bridgehead atoms. The Hall–Kier alpha value is -4.66. The third-order valence-corrected chi connectivity index (χ3v) is 6.60. The van der Waals surface area contributed by atoms with Gasteiger partial charge in [0.2, 0.25) is 11.8 Å². The molecule has 2 amide bonds. The number of amides is 2. The molecule has 9 heteroatoms. The van der Waals surface area contributed by atoms with E-state index in [1.54, 1.807) is 69.8 Å². The molecule has 5 rings (SSSR count). The van der Waals surface area contributed by atoms with Crippen LogP contribution in [0.5, 0.6) is 23.0 Å². The van der Waals surface area contributed by atoms with Crippen LogP contribution in [0, 0.1) is 18.2 Å². The Morgan fingerprint density at radius 2 is 1.55 bits per heavy atom. The summed E-state index contributed by atoms with van der Waals surface area (Å²) in [7, 11) is 3.13. The van der Waals surface area contributed by atoms with Crippen LogP contribution in [0.15, 0.2) is 66.9 Å². The van der Waals surface area contributed by atoms with Gasteiger partial charge in [-0.1, -0.05) is 0 Å². The average Bonchev–Trinajstić information content (AvgIpc) is 3.73. The number of carbonyl (C=O) groups is 2. The minimum absolute atomic E-state index is 0.385. The van der Waals surface area contributed by atoms with Crippen LogP contribution in [0.3, 0.4) is 0 Å². The van der Waals surface area contributed by atoms with Crippen molar-refractivity contribution < 1.29 is 28.2 Å². The molecule has 1 aliphatic carbocycles. The van der Waals surface area contributed by atoms with Crippen LogP contribution in [-0.2, 0) is 9.59 Å². The molecule has 0 spiro atoms. The number of hydrogen-bond acceptors (Lipinski definition) is 6. The molecular formula is C29H26FN3O5. The third kappa shape index (κ3) is 4.82. The topological polar surface area (TPSA) is 98.8 Å². The summed E-state index contributed by atoms with van der Waals surface area (Å²) in [6, 6.07) is 16.3. The van der Waals surface area contributed by atoms with Crippen molar-refractivity contribution in [3.8, 4) is 23.0 Å². The van der Waals surface area contributed by atoms with E-state index in [0.29, 0.717) is 58.3 Å². The van der Waals surface area contributed by atoms with Crippen LogP contribution in [-0.4, -0.2) is 31.0 Å². The fraction of sp³-hybridized carbons (Fsp3) is 0.207. The molecule has 0 atom stereocenters. The lowest BCUT2D eigenvalue weighted by Crippen LogP contribution is -2.35. The SMILES string of the molecule is COc1cc2nccc(Oc3ccc(NC(=O)C4(C(=O)Nc5ccc(F)cc5C)CC4)cc3)c2cc1OC. The molecule has 38 heavy (non-hydrogen) atoms. The lowest BCUT2D eigenvalue weighted by atomic mass is 10.0. The number of anilines is 2. The van der Waals surface area contributed by atoms with E-state index < -0.39 is 11.3 Å². The number of ether oxygens (including phenoxy) is 3. The van der Waals surface area contributed by atoms with Gasteiger partial charge < -0.3 is 24.8 Å². The van der Waals surface area contributed by atoms with Crippen LogP contribution in [0.4, 0.5) is 15.8 Å². The lowest BCUT2D eigenvalue weighted by molar-refractivity contribution is -0.131. The Balaban J connectivity index is 1.27. The molecule has 1 heterocycles. The Labute approximate surface area is 218 Å². The van der Waals surface area contributed by atoms with Crippen molar-refractivity contribution in [3.63, 3.8) is 0 Å². The van der Waals surface area contributed by atoms with Crippen molar-refractivity contribution in [1.29, 1.82) is 0 Å². The molecule has 1 aromatic heterocycles. The van der Waals surface area contributed by atoms with Crippen molar-refractivity contribution >= 4 is 34.1 Å². The van der Waals surface area contributed by atoms with Crippen molar-refractivity contribution in [2.45, 2.75) is 19.8 Å². The van der Waals surface area contributed by atoms with Gasteiger partial charge in [0.05, 0.1) is 19.7 Å². The summed E-state index contributed by atoms with van der Waals surface area (Å²) in [4.78, 5) is 30.3. The largest absolute Gasteiger partial charge is 0.493 e. The second kappa shape index (κ2) is 10.0. The minimum atomic E-state index is -1.15. The Morgan fingerprint density at radius 3 is 2.21 bits per heavy atom. The number of rotatable bonds is 8. The van der Waals surface area contributed by atoms with Crippen molar-refractivity contribution in [2.75, 3.05) is 24.9 Å². The van der Waals surface area contributed by atoms with Crippen molar-refractivity contribution in [1.82, 2.24) is 4.98 Å². The Bertz CT molecular complexity index is 1530. The van der Waals surface area contributed by atoms with E-state index in [1.165, 1.54) is 18.2 Å². The predicted octanol–water partition coefficient (Wildman–Crippen LogP) is 5.85. The van der Waals surface area contributed by atoms with Gasteiger partial charge >= 0.3 is 0 Å². The molecule has 2 N–H and O–H groups in total. The fourth-order valence-corrected chi connectivity index (χ4v) is 4.21. The van der Waals surface area contributed by atoms with Gasteiger partial charge in [-0.25, -0.2) is 4.39 Å². The molecular weight excluding hydrogens is 489 g/mol. The monoisotopic (exact) mass is 515 g/mol. The average molecular weight is 516 g/mol. The molecule has 0 unspecified atom stereocenters. The molecule has 0 aliphatic heterocycles. The molecule has 4 aromatic rings. The molecule has 1 fully saturated rings. The maximum Gasteiger partial charge on any atom is 0.240 e. The summed E-state index contributed by atoms with van der Waals surface area (Å²) in [6.45, 7) is 1.70. The first-order valence-electron chi connectivity index (χ1n) is 12.0. The summed E-state index contributed by atoms with van der Waals surface area (Å²) in [5.74, 6) is 1.09. The van der Waals surface area contributed by atoms with Crippen LogP contribution in [0.25, 0.3) is 10.9 Å². The van der Waals surface area contributed by atoms with E-state index in [-0.39, 0.29) is 11.7 Å². The van der Waals surface area contributed by atoms with Crippen LogP contribution in [0.2, 0.25) is 0 Å². The van der Waals surface area contributed by atoms with E-state index in [4.69, 9.17) is 14.2 Å². The molecule has 3 aromatic carbocycles. The maximum atomic E-state index is 13.4. The zero-order chi connectivity index (χ0) is 26.9. The summed E-state index contributed by atoms with van der Waals surface area (Å²) >= 11 is 0. The fourth-order valence-electron chi connectivity index (χ4n) is 4.21. The predicted molar refractivity (Wildman–Crippen MR) is 141 cm³/mol. The van der Waals surface area contributed by atoms with E-state index in [2.05, 4.69) is 15.6 Å². The number of fused-ring (bicyclic) bond motifs is 1. The summed E-state index contributed by atoms with van der Waals surface area (Å²) < 4.78 is 30.2. The van der Waals surface area contributed by atoms with Gasteiger partial charge in [0.25, 0.3) is 0 Å². The maximum absolute atomic E-state index is 13.4. The first kappa shape index (κ1) is 25.0. The zero-order valence-corrected chi connectivity index (χ0v) is 21.1.